The van der Waals surface area contributed by atoms with Gasteiger partial charge in [-0.15, -0.1) is 0 Å². The summed E-state index contributed by atoms with van der Waals surface area (Å²) in [6.45, 7) is 3.96. The first kappa shape index (κ1) is 20.7. The topological polar surface area (TPSA) is 160 Å². The van der Waals surface area contributed by atoms with E-state index in [1.54, 1.807) is 13.8 Å². The minimum Gasteiger partial charge on any atom is -0.481 e. The van der Waals surface area contributed by atoms with Gasteiger partial charge in [-0.3, -0.25) is 19.4 Å². The zero-order chi connectivity index (χ0) is 17.9. The van der Waals surface area contributed by atoms with Crippen molar-refractivity contribution in [3.63, 3.8) is 0 Å². The summed E-state index contributed by atoms with van der Waals surface area (Å²) in [5.74, 6) is -1.55. The monoisotopic (exact) mass is 329 g/mol. The fraction of sp³-hybridized carbons (Fsp3) is 0.714. The molecule has 0 saturated heterocycles. The molecule has 23 heavy (non-hydrogen) atoms. The van der Waals surface area contributed by atoms with Gasteiger partial charge in [-0.2, -0.15) is 0 Å². The first-order valence-electron chi connectivity index (χ1n) is 7.47. The van der Waals surface area contributed by atoms with Crippen molar-refractivity contribution in [3.05, 3.63) is 0 Å². The van der Waals surface area contributed by atoms with Crippen LogP contribution in [0.25, 0.3) is 0 Å². The van der Waals surface area contributed by atoms with E-state index in [1.165, 1.54) is 0 Å². The van der Waals surface area contributed by atoms with Crippen LogP contribution in [0.1, 0.15) is 39.5 Å². The van der Waals surface area contributed by atoms with Crippen molar-refractivity contribution in [2.24, 2.45) is 21.9 Å². The first-order chi connectivity index (χ1) is 10.6. The Labute approximate surface area is 135 Å². The molecule has 0 aromatic heterocycles. The van der Waals surface area contributed by atoms with Crippen molar-refractivity contribution in [2.45, 2.75) is 39.5 Å². The van der Waals surface area contributed by atoms with E-state index < -0.39 is 11.4 Å². The number of carbonyl (C=O) groups excluding carboxylic acids is 2. The number of hydrogen-bond donors (Lipinski definition) is 5. The molecule has 0 aliphatic heterocycles. The zero-order valence-electron chi connectivity index (χ0n) is 13.7. The Morgan fingerprint density at radius 1 is 1.09 bits per heavy atom. The lowest BCUT2D eigenvalue weighted by molar-refractivity contribution is -0.147. The second-order valence-electron chi connectivity index (χ2n) is 5.83. The number of hydrogen-bond acceptors (Lipinski definition) is 4. The third-order valence-electron chi connectivity index (χ3n) is 3.20. The van der Waals surface area contributed by atoms with Gasteiger partial charge in [-0.1, -0.05) is 0 Å². The predicted octanol–water partition coefficient (Wildman–Crippen LogP) is -0.837. The number of nitrogens with two attached hydrogens (primary N) is 2. The van der Waals surface area contributed by atoms with E-state index in [0.29, 0.717) is 13.1 Å². The number of rotatable bonds is 11. The van der Waals surface area contributed by atoms with Gasteiger partial charge in [-0.25, -0.2) is 0 Å². The smallest absolute Gasteiger partial charge is 0.309 e. The lowest BCUT2D eigenvalue weighted by Crippen LogP contribution is -2.38. The van der Waals surface area contributed by atoms with E-state index in [9.17, 15) is 14.4 Å². The molecule has 7 N–H and O–H groups in total. The summed E-state index contributed by atoms with van der Waals surface area (Å²) in [5.41, 5.74) is 9.39. The van der Waals surface area contributed by atoms with Gasteiger partial charge in [0.15, 0.2) is 5.96 Å². The van der Waals surface area contributed by atoms with Crippen LogP contribution in [0.4, 0.5) is 0 Å². The number of aliphatic imine (C=N–C) groups is 1. The molecule has 0 aliphatic rings. The summed E-state index contributed by atoms with van der Waals surface area (Å²) in [5, 5.41) is 14.1. The molecule has 0 aromatic carbocycles. The highest BCUT2D eigenvalue weighted by Crippen LogP contribution is 2.21. The van der Waals surface area contributed by atoms with Crippen LogP contribution in [0.15, 0.2) is 4.99 Å². The van der Waals surface area contributed by atoms with Crippen LogP contribution in [0.2, 0.25) is 0 Å². The van der Waals surface area contributed by atoms with Crippen molar-refractivity contribution >= 4 is 23.7 Å². The van der Waals surface area contributed by atoms with Gasteiger partial charge in [0.2, 0.25) is 11.8 Å². The van der Waals surface area contributed by atoms with Gasteiger partial charge in [0.1, 0.15) is 0 Å². The van der Waals surface area contributed by atoms with Crippen molar-refractivity contribution in [2.75, 3.05) is 19.6 Å². The number of carboxylic acid groups (broad SMARTS) is 1. The fourth-order valence-corrected chi connectivity index (χ4v) is 1.54. The number of carbonyl (C=O) groups is 3. The van der Waals surface area contributed by atoms with Gasteiger partial charge in [0.25, 0.3) is 0 Å². The van der Waals surface area contributed by atoms with Crippen LogP contribution < -0.4 is 22.1 Å². The van der Waals surface area contributed by atoms with E-state index in [0.717, 1.165) is 12.8 Å². The SMILES string of the molecule is CC(C)(CCC(=O)NCC(=O)NCCCCN=C(N)N)C(=O)O. The largest absolute Gasteiger partial charge is 0.481 e. The second-order valence-corrected chi connectivity index (χ2v) is 5.83. The van der Waals surface area contributed by atoms with Crippen LogP contribution in [0, 0.1) is 5.41 Å². The summed E-state index contributed by atoms with van der Waals surface area (Å²) < 4.78 is 0. The van der Waals surface area contributed by atoms with Crippen LogP contribution >= 0.6 is 0 Å². The van der Waals surface area contributed by atoms with Gasteiger partial charge in [0.05, 0.1) is 12.0 Å². The first-order valence-corrected chi connectivity index (χ1v) is 7.47. The maximum atomic E-state index is 11.6. The Morgan fingerprint density at radius 3 is 2.30 bits per heavy atom. The number of guanidine groups is 1. The molecule has 0 saturated carbocycles. The quantitative estimate of drug-likeness (QED) is 0.189. The van der Waals surface area contributed by atoms with Crippen molar-refractivity contribution in [1.29, 1.82) is 0 Å². The molecule has 0 aliphatic carbocycles. The van der Waals surface area contributed by atoms with E-state index in [4.69, 9.17) is 16.6 Å². The molecule has 0 rings (SSSR count). The van der Waals surface area contributed by atoms with Gasteiger partial charge >= 0.3 is 5.97 Å². The molecule has 132 valence electrons. The Morgan fingerprint density at radius 2 is 1.74 bits per heavy atom. The van der Waals surface area contributed by atoms with Crippen LogP contribution in [-0.4, -0.2) is 48.5 Å². The molecule has 0 spiro atoms. The van der Waals surface area contributed by atoms with Crippen molar-refractivity contribution in [3.8, 4) is 0 Å². The maximum absolute atomic E-state index is 11.6. The van der Waals surface area contributed by atoms with Crippen molar-refractivity contribution < 1.29 is 19.5 Å². The third kappa shape index (κ3) is 11.0. The Hall–Kier alpha value is -2.32. The number of nitrogens with zero attached hydrogens (tertiary/aromatic N) is 1. The van der Waals surface area contributed by atoms with Crippen LogP contribution in [0.3, 0.4) is 0 Å². The van der Waals surface area contributed by atoms with Crippen molar-refractivity contribution in [1.82, 2.24) is 10.6 Å². The summed E-state index contributed by atoms with van der Waals surface area (Å²) in [7, 11) is 0. The highest BCUT2D eigenvalue weighted by atomic mass is 16.4. The highest BCUT2D eigenvalue weighted by molar-refractivity contribution is 5.85. The van der Waals surface area contributed by atoms with Crippen LogP contribution in [-0.2, 0) is 14.4 Å². The summed E-state index contributed by atoms with van der Waals surface area (Å²) in [6.07, 6.45) is 1.74. The number of carboxylic acids is 1. The van der Waals surface area contributed by atoms with E-state index >= 15 is 0 Å². The fourth-order valence-electron chi connectivity index (χ4n) is 1.54. The summed E-state index contributed by atoms with van der Waals surface area (Å²) in [6, 6.07) is 0. The molecule has 0 unspecified atom stereocenters. The van der Waals surface area contributed by atoms with E-state index in [1.807, 2.05) is 0 Å². The Kier molecular flexibility index (Phi) is 9.36. The number of amides is 2. The predicted molar refractivity (Wildman–Crippen MR) is 86.6 cm³/mol. The zero-order valence-corrected chi connectivity index (χ0v) is 13.7. The number of aliphatic carboxylic acids is 1. The summed E-state index contributed by atoms with van der Waals surface area (Å²) in [4.78, 5) is 37.8. The minimum absolute atomic E-state index is 0.0443. The molecule has 2 amide bonds. The molecule has 9 nitrogen and oxygen atoms in total. The lowest BCUT2D eigenvalue weighted by Gasteiger charge is -2.18. The number of unbranched alkanes of at least 4 members (excludes halogenated alkanes) is 1. The molecule has 0 fully saturated rings. The summed E-state index contributed by atoms with van der Waals surface area (Å²) >= 11 is 0. The molecule has 0 atom stereocenters. The standard InChI is InChI=1S/C14H27N5O4/c1-14(2,12(22)23)6-5-10(20)19-9-11(21)17-7-3-4-8-18-13(15)16/h3-9H2,1-2H3,(H,17,21)(H,19,20)(H,22,23)(H4,15,16,18). The van der Waals surface area contributed by atoms with Gasteiger partial charge in [0, 0.05) is 19.5 Å². The minimum atomic E-state index is -0.963. The van der Waals surface area contributed by atoms with E-state index in [2.05, 4.69) is 15.6 Å². The normalized spacial score (nSPS) is 10.7. The third-order valence-corrected chi connectivity index (χ3v) is 3.20. The Bertz CT molecular complexity index is 444. The average Bonchev–Trinajstić information content (AvgIpc) is 2.46. The number of nitrogens with one attached hydrogen (secondary N) is 2. The lowest BCUT2D eigenvalue weighted by atomic mass is 9.88. The van der Waals surface area contributed by atoms with Gasteiger partial charge < -0.3 is 27.2 Å². The maximum Gasteiger partial charge on any atom is 0.309 e. The molecule has 9 heteroatoms. The van der Waals surface area contributed by atoms with Gasteiger partial charge in [-0.05, 0) is 33.1 Å². The molecule has 0 radical (unpaired) electrons. The molecule has 0 heterocycles. The molecular weight excluding hydrogens is 302 g/mol. The Balaban J connectivity index is 3.75. The van der Waals surface area contributed by atoms with Crippen LogP contribution in [0.5, 0.6) is 0 Å². The van der Waals surface area contributed by atoms with E-state index in [-0.39, 0.29) is 37.2 Å². The molecule has 0 aromatic rings. The highest BCUT2D eigenvalue weighted by Gasteiger charge is 2.27. The molecular formula is C14H27N5O4. The average molecular weight is 329 g/mol. The molecule has 0 bridgehead atoms. The second kappa shape index (κ2) is 10.4.